The monoisotopic (exact) mass is 372 g/mol. The Balaban J connectivity index is 0.00000128. The number of thiophene rings is 1. The maximum atomic E-state index is 11.7. The van der Waals surface area contributed by atoms with Gasteiger partial charge in [0.2, 0.25) is 0 Å². The molecule has 3 nitrogen and oxygen atoms in total. The largest absolute Gasteiger partial charge is 0.350 e. The van der Waals surface area contributed by atoms with Gasteiger partial charge in [-0.2, -0.15) is 0 Å². The van der Waals surface area contributed by atoms with Gasteiger partial charge in [0.25, 0.3) is 5.91 Å². The van der Waals surface area contributed by atoms with Crippen LogP contribution in [-0.4, -0.2) is 18.0 Å². The number of amides is 1. The van der Waals surface area contributed by atoms with E-state index in [0.29, 0.717) is 6.54 Å². The highest BCUT2D eigenvalue weighted by molar-refractivity contribution is 14.1. The van der Waals surface area contributed by atoms with Crippen LogP contribution in [0.2, 0.25) is 0 Å². The van der Waals surface area contributed by atoms with Gasteiger partial charge < -0.3 is 11.1 Å². The lowest BCUT2D eigenvalue weighted by molar-refractivity contribution is 0.0930. The second kappa shape index (κ2) is 5.66. The van der Waals surface area contributed by atoms with Crippen molar-refractivity contribution < 1.29 is 4.79 Å². The summed E-state index contributed by atoms with van der Waals surface area (Å²) in [5, 5.41) is 4.77. The zero-order valence-electron chi connectivity index (χ0n) is 8.66. The zero-order valence-corrected chi connectivity index (χ0v) is 12.5. The Morgan fingerprint density at radius 3 is 2.75 bits per heavy atom. The Morgan fingerprint density at radius 1 is 1.62 bits per heavy atom. The van der Waals surface area contributed by atoms with Crippen LogP contribution in [0.15, 0.2) is 11.4 Å². The fourth-order valence-corrected chi connectivity index (χ4v) is 2.92. The number of nitrogens with one attached hydrogen (secondary N) is 1. The normalized spacial score (nSPS) is 17.1. The highest BCUT2D eigenvalue weighted by Crippen LogP contribution is 2.28. The van der Waals surface area contributed by atoms with Crippen LogP contribution in [0.25, 0.3) is 0 Å². The molecule has 0 radical (unpaired) electrons. The summed E-state index contributed by atoms with van der Waals surface area (Å²) < 4.78 is 1.13. The first-order valence-electron chi connectivity index (χ1n) is 4.90. The Morgan fingerprint density at radius 2 is 2.31 bits per heavy atom. The van der Waals surface area contributed by atoms with Crippen LogP contribution >= 0.6 is 46.3 Å². The zero-order chi connectivity index (χ0) is 10.9. The molecule has 90 valence electrons. The van der Waals surface area contributed by atoms with Crippen LogP contribution in [-0.2, 0) is 0 Å². The van der Waals surface area contributed by atoms with Crippen LogP contribution in [0.4, 0.5) is 0 Å². The van der Waals surface area contributed by atoms with Crippen molar-refractivity contribution in [2.24, 2.45) is 5.73 Å². The van der Waals surface area contributed by atoms with Gasteiger partial charge >= 0.3 is 0 Å². The number of nitrogens with two attached hydrogens (primary N) is 1. The van der Waals surface area contributed by atoms with E-state index < -0.39 is 0 Å². The molecular weight excluding hydrogens is 359 g/mol. The molecule has 1 aliphatic carbocycles. The smallest absolute Gasteiger partial charge is 0.252 e. The van der Waals surface area contributed by atoms with Gasteiger partial charge in [0.1, 0.15) is 0 Å². The molecule has 0 aliphatic heterocycles. The maximum Gasteiger partial charge on any atom is 0.252 e. The predicted molar refractivity (Wildman–Crippen MR) is 77.4 cm³/mol. The molecule has 3 N–H and O–H groups in total. The van der Waals surface area contributed by atoms with Crippen LogP contribution in [0.3, 0.4) is 0 Å². The topological polar surface area (TPSA) is 55.1 Å². The lowest BCUT2D eigenvalue weighted by atomic mass is 9.78. The summed E-state index contributed by atoms with van der Waals surface area (Å²) in [5.41, 5.74) is 6.62. The lowest BCUT2D eigenvalue weighted by Gasteiger charge is -2.38. The average Bonchev–Trinajstić information content (AvgIpc) is 2.58. The number of rotatable bonds is 3. The Bertz CT molecular complexity index is 379. The van der Waals surface area contributed by atoms with E-state index in [2.05, 4.69) is 27.9 Å². The Kier molecular flexibility index (Phi) is 5.03. The van der Waals surface area contributed by atoms with E-state index in [9.17, 15) is 4.79 Å². The first-order valence-corrected chi connectivity index (χ1v) is 6.86. The molecule has 16 heavy (non-hydrogen) atoms. The summed E-state index contributed by atoms with van der Waals surface area (Å²) in [5.74, 6) is -0.00843. The molecular formula is C10H14ClIN2OS. The number of carbonyl (C=O) groups excluding carboxylic acids is 1. The molecule has 1 aromatic rings. The standard InChI is InChI=1S/C10H13IN2OS.ClH/c11-8-4-7(5-15-8)9(14)13-6-10(12)2-1-3-10;/h4-5H,1-3,6,12H2,(H,13,14);1H. The molecule has 1 heterocycles. The summed E-state index contributed by atoms with van der Waals surface area (Å²) >= 11 is 3.79. The predicted octanol–water partition coefficient (Wildman–Crippen LogP) is 2.39. The summed E-state index contributed by atoms with van der Waals surface area (Å²) in [7, 11) is 0. The molecule has 0 unspecified atom stereocenters. The summed E-state index contributed by atoms with van der Waals surface area (Å²) in [6, 6.07) is 1.89. The number of hydrogen-bond donors (Lipinski definition) is 2. The first kappa shape index (κ1) is 14.2. The van der Waals surface area contributed by atoms with Gasteiger partial charge in [-0.25, -0.2) is 0 Å². The maximum absolute atomic E-state index is 11.7. The quantitative estimate of drug-likeness (QED) is 0.801. The van der Waals surface area contributed by atoms with Gasteiger partial charge in [0.05, 0.1) is 8.45 Å². The van der Waals surface area contributed by atoms with Gasteiger partial charge in [-0.05, 0) is 47.9 Å². The minimum atomic E-state index is -0.140. The molecule has 1 aromatic heterocycles. The third-order valence-electron chi connectivity index (χ3n) is 2.78. The molecule has 0 aromatic carbocycles. The van der Waals surface area contributed by atoms with Crippen molar-refractivity contribution in [3.8, 4) is 0 Å². The minimum Gasteiger partial charge on any atom is -0.350 e. The first-order chi connectivity index (χ1) is 7.09. The summed E-state index contributed by atoms with van der Waals surface area (Å²) in [6.07, 6.45) is 3.23. The van der Waals surface area contributed by atoms with E-state index in [1.54, 1.807) is 11.3 Å². The molecule has 0 atom stereocenters. The van der Waals surface area contributed by atoms with Gasteiger partial charge in [-0.3, -0.25) is 4.79 Å². The second-order valence-corrected chi connectivity index (χ2v) is 6.84. The fourth-order valence-electron chi connectivity index (χ4n) is 1.60. The molecule has 0 spiro atoms. The van der Waals surface area contributed by atoms with Crippen molar-refractivity contribution in [3.63, 3.8) is 0 Å². The van der Waals surface area contributed by atoms with Crippen molar-refractivity contribution in [2.45, 2.75) is 24.8 Å². The van der Waals surface area contributed by atoms with Crippen molar-refractivity contribution in [1.82, 2.24) is 5.32 Å². The third-order valence-corrected chi connectivity index (χ3v) is 4.57. The van der Waals surface area contributed by atoms with E-state index in [-0.39, 0.29) is 23.9 Å². The van der Waals surface area contributed by atoms with E-state index in [0.717, 1.165) is 21.3 Å². The highest BCUT2D eigenvalue weighted by atomic mass is 127. The van der Waals surface area contributed by atoms with Crippen molar-refractivity contribution >= 4 is 52.2 Å². The minimum absolute atomic E-state index is 0. The fraction of sp³-hybridized carbons (Fsp3) is 0.500. The molecule has 1 aliphatic rings. The molecule has 0 saturated heterocycles. The second-order valence-electron chi connectivity index (χ2n) is 4.04. The molecule has 2 rings (SSSR count). The molecule has 0 bridgehead atoms. The lowest BCUT2D eigenvalue weighted by Crippen LogP contribution is -2.54. The van der Waals surface area contributed by atoms with E-state index >= 15 is 0 Å². The number of halogens is 2. The third kappa shape index (κ3) is 3.32. The van der Waals surface area contributed by atoms with Crippen LogP contribution in [0.5, 0.6) is 0 Å². The molecule has 1 saturated carbocycles. The van der Waals surface area contributed by atoms with E-state index in [1.807, 2.05) is 11.4 Å². The van der Waals surface area contributed by atoms with Gasteiger partial charge in [-0.1, -0.05) is 0 Å². The van der Waals surface area contributed by atoms with E-state index in [4.69, 9.17) is 5.73 Å². The van der Waals surface area contributed by atoms with Crippen molar-refractivity contribution in [1.29, 1.82) is 0 Å². The van der Waals surface area contributed by atoms with E-state index in [1.165, 1.54) is 6.42 Å². The van der Waals surface area contributed by atoms with Crippen molar-refractivity contribution in [3.05, 3.63) is 19.9 Å². The van der Waals surface area contributed by atoms with Gasteiger partial charge in [0, 0.05) is 17.5 Å². The van der Waals surface area contributed by atoms with Crippen LogP contribution < -0.4 is 11.1 Å². The van der Waals surface area contributed by atoms with Gasteiger partial charge in [-0.15, -0.1) is 23.7 Å². The molecule has 1 fully saturated rings. The molecule has 1 amide bonds. The van der Waals surface area contributed by atoms with Crippen LogP contribution in [0, 0.1) is 2.88 Å². The van der Waals surface area contributed by atoms with Crippen molar-refractivity contribution in [2.75, 3.05) is 6.54 Å². The number of carbonyl (C=O) groups is 1. The summed E-state index contributed by atoms with van der Waals surface area (Å²) in [4.78, 5) is 11.7. The molecule has 6 heteroatoms. The number of hydrogen-bond acceptors (Lipinski definition) is 3. The SMILES string of the molecule is Cl.NC1(CNC(=O)c2csc(I)c2)CCC1. The summed E-state index contributed by atoms with van der Waals surface area (Å²) in [6.45, 7) is 0.595. The highest BCUT2D eigenvalue weighted by Gasteiger charge is 2.32. The van der Waals surface area contributed by atoms with Crippen LogP contribution in [0.1, 0.15) is 29.6 Å². The average molecular weight is 373 g/mol. The Hall–Kier alpha value is 0.150. The Labute approximate surface area is 119 Å². The van der Waals surface area contributed by atoms with Gasteiger partial charge in [0.15, 0.2) is 0 Å².